The van der Waals surface area contributed by atoms with Gasteiger partial charge in [-0.25, -0.2) is 13.6 Å². The standard InChI is InChI=1S/C20H17ClF3NO5/c1-4-27-20(26)30-14(9-25)11(3)28-12-5-7-13(8-6-12)29-19-15(21)16(22)10(2)17(23)18(19)24/h5-8,11,14H,4H2,1-3H3. The van der Waals surface area contributed by atoms with Gasteiger partial charge in [-0.2, -0.15) is 9.65 Å². The number of hydrogen-bond acceptors (Lipinski definition) is 6. The minimum absolute atomic E-state index is 0.0260. The molecule has 0 aromatic heterocycles. The molecule has 160 valence electrons. The fourth-order valence-electron chi connectivity index (χ4n) is 2.27. The van der Waals surface area contributed by atoms with E-state index in [1.807, 2.05) is 0 Å². The predicted octanol–water partition coefficient (Wildman–Crippen LogP) is 5.69. The summed E-state index contributed by atoms with van der Waals surface area (Å²) in [7, 11) is 0. The molecule has 0 aliphatic carbocycles. The second-order valence-electron chi connectivity index (χ2n) is 5.96. The maximum atomic E-state index is 14.1. The van der Waals surface area contributed by atoms with E-state index in [2.05, 4.69) is 4.74 Å². The van der Waals surface area contributed by atoms with Crippen molar-refractivity contribution in [2.24, 2.45) is 0 Å². The van der Waals surface area contributed by atoms with Gasteiger partial charge in [0.1, 0.15) is 28.7 Å². The van der Waals surface area contributed by atoms with Gasteiger partial charge in [0.15, 0.2) is 17.4 Å². The van der Waals surface area contributed by atoms with E-state index in [1.165, 1.54) is 31.2 Å². The molecule has 0 bridgehead atoms. The molecule has 0 saturated heterocycles. The van der Waals surface area contributed by atoms with E-state index in [9.17, 15) is 18.0 Å². The van der Waals surface area contributed by atoms with E-state index in [1.54, 1.807) is 13.0 Å². The molecule has 0 spiro atoms. The van der Waals surface area contributed by atoms with Crippen molar-refractivity contribution in [2.75, 3.05) is 6.61 Å². The molecule has 0 amide bonds. The summed E-state index contributed by atoms with van der Waals surface area (Å²) in [5.41, 5.74) is -0.556. The molecule has 0 aliphatic heterocycles. The average molecular weight is 444 g/mol. The topological polar surface area (TPSA) is 77.8 Å². The molecular formula is C20H17ClF3NO5. The van der Waals surface area contributed by atoms with Gasteiger partial charge in [-0.15, -0.1) is 0 Å². The van der Waals surface area contributed by atoms with E-state index >= 15 is 0 Å². The summed E-state index contributed by atoms with van der Waals surface area (Å²) >= 11 is 5.73. The lowest BCUT2D eigenvalue weighted by Crippen LogP contribution is -2.32. The van der Waals surface area contributed by atoms with Gasteiger partial charge in [-0.05, 0) is 45.0 Å². The first kappa shape index (κ1) is 23.2. The summed E-state index contributed by atoms with van der Waals surface area (Å²) in [6.07, 6.45) is -3.08. The summed E-state index contributed by atoms with van der Waals surface area (Å²) in [4.78, 5) is 11.3. The predicted molar refractivity (Wildman–Crippen MR) is 100 cm³/mol. The number of hydrogen-bond donors (Lipinski definition) is 0. The zero-order valence-corrected chi connectivity index (χ0v) is 16.9. The van der Waals surface area contributed by atoms with Crippen LogP contribution in [0.25, 0.3) is 0 Å². The van der Waals surface area contributed by atoms with Crippen molar-refractivity contribution in [3.63, 3.8) is 0 Å². The molecule has 0 heterocycles. The smallest absolute Gasteiger partial charge is 0.486 e. The second kappa shape index (κ2) is 10.1. The molecule has 0 N–H and O–H groups in total. The largest absolute Gasteiger partial charge is 0.509 e. The first-order valence-corrected chi connectivity index (χ1v) is 9.07. The number of halogens is 4. The number of rotatable bonds is 7. The monoisotopic (exact) mass is 443 g/mol. The first-order valence-electron chi connectivity index (χ1n) is 8.69. The van der Waals surface area contributed by atoms with Gasteiger partial charge in [-0.3, -0.25) is 0 Å². The van der Waals surface area contributed by atoms with Crippen molar-refractivity contribution in [1.82, 2.24) is 0 Å². The highest BCUT2D eigenvalue weighted by atomic mass is 35.5. The minimum atomic E-state index is -1.42. The third-order valence-electron chi connectivity index (χ3n) is 3.85. The van der Waals surface area contributed by atoms with Crippen LogP contribution >= 0.6 is 11.6 Å². The van der Waals surface area contributed by atoms with Gasteiger partial charge in [0, 0.05) is 5.56 Å². The van der Waals surface area contributed by atoms with Gasteiger partial charge in [-0.1, -0.05) is 11.6 Å². The molecule has 2 aromatic carbocycles. The first-order chi connectivity index (χ1) is 14.2. The molecule has 2 rings (SSSR count). The Morgan fingerprint density at radius 1 is 1.13 bits per heavy atom. The highest BCUT2D eigenvalue weighted by Crippen LogP contribution is 2.37. The maximum Gasteiger partial charge on any atom is 0.509 e. The quantitative estimate of drug-likeness (QED) is 0.404. The van der Waals surface area contributed by atoms with Gasteiger partial charge in [0.05, 0.1) is 6.61 Å². The zero-order valence-electron chi connectivity index (χ0n) is 16.2. The van der Waals surface area contributed by atoms with Crippen LogP contribution in [0.5, 0.6) is 17.2 Å². The van der Waals surface area contributed by atoms with Crippen LogP contribution in [0.4, 0.5) is 18.0 Å². The van der Waals surface area contributed by atoms with Crippen molar-refractivity contribution in [1.29, 1.82) is 5.26 Å². The molecule has 30 heavy (non-hydrogen) atoms. The molecule has 0 saturated carbocycles. The molecule has 0 fully saturated rings. The van der Waals surface area contributed by atoms with E-state index < -0.39 is 52.2 Å². The van der Waals surface area contributed by atoms with Crippen LogP contribution in [-0.2, 0) is 9.47 Å². The number of carbonyl (C=O) groups excluding carboxylic acids is 1. The Kier molecular flexibility index (Phi) is 7.78. The SMILES string of the molecule is CCOC(=O)OC(C#N)C(C)Oc1ccc(Oc2c(F)c(F)c(C)c(F)c2Cl)cc1. The Labute approximate surface area is 175 Å². The van der Waals surface area contributed by atoms with Crippen LogP contribution in [0.3, 0.4) is 0 Å². The summed E-state index contributed by atoms with van der Waals surface area (Å²) in [5.74, 6) is -4.44. The molecule has 2 unspecified atom stereocenters. The van der Waals surface area contributed by atoms with Crippen LogP contribution in [0, 0.1) is 35.7 Å². The molecule has 10 heteroatoms. The molecule has 6 nitrogen and oxygen atoms in total. The Morgan fingerprint density at radius 2 is 1.73 bits per heavy atom. The normalized spacial score (nSPS) is 12.5. The van der Waals surface area contributed by atoms with Gasteiger partial charge < -0.3 is 18.9 Å². The number of nitrogens with zero attached hydrogens (tertiary/aromatic N) is 1. The van der Waals surface area contributed by atoms with Crippen LogP contribution in [0.15, 0.2) is 24.3 Å². The highest BCUT2D eigenvalue weighted by Gasteiger charge is 2.25. The van der Waals surface area contributed by atoms with Crippen molar-refractivity contribution < 1.29 is 36.9 Å². The Hall–Kier alpha value is -3.12. The fourth-order valence-corrected chi connectivity index (χ4v) is 2.54. The number of ether oxygens (including phenoxy) is 4. The fraction of sp³-hybridized carbons (Fsp3) is 0.300. The van der Waals surface area contributed by atoms with Crippen molar-refractivity contribution in [3.05, 3.63) is 52.3 Å². The summed E-state index contributed by atoms with van der Waals surface area (Å²) in [6.45, 7) is 4.24. The summed E-state index contributed by atoms with van der Waals surface area (Å²) in [6, 6.07) is 7.25. The molecular weight excluding hydrogens is 427 g/mol. The number of carbonyl (C=O) groups is 1. The van der Waals surface area contributed by atoms with Crippen molar-refractivity contribution >= 4 is 17.8 Å². The molecule has 2 atom stereocenters. The van der Waals surface area contributed by atoms with Gasteiger partial charge >= 0.3 is 6.16 Å². The average Bonchev–Trinajstić information content (AvgIpc) is 2.73. The lowest BCUT2D eigenvalue weighted by molar-refractivity contribution is 0.00646. The van der Waals surface area contributed by atoms with Crippen LogP contribution < -0.4 is 9.47 Å². The number of benzene rings is 2. The molecule has 0 aliphatic rings. The summed E-state index contributed by atoms with van der Waals surface area (Å²) < 4.78 is 61.8. The van der Waals surface area contributed by atoms with E-state index in [4.69, 9.17) is 31.1 Å². The van der Waals surface area contributed by atoms with Crippen LogP contribution in [0.2, 0.25) is 5.02 Å². The Balaban J connectivity index is 2.11. The second-order valence-corrected chi connectivity index (χ2v) is 6.34. The Morgan fingerprint density at radius 3 is 2.30 bits per heavy atom. The lowest BCUT2D eigenvalue weighted by Gasteiger charge is -2.19. The highest BCUT2D eigenvalue weighted by molar-refractivity contribution is 6.32. The lowest BCUT2D eigenvalue weighted by atomic mass is 10.2. The van der Waals surface area contributed by atoms with E-state index in [0.717, 1.165) is 6.92 Å². The van der Waals surface area contributed by atoms with Gasteiger partial charge in [0.2, 0.25) is 11.9 Å². The maximum absolute atomic E-state index is 14.1. The minimum Gasteiger partial charge on any atom is -0.486 e. The molecule has 0 radical (unpaired) electrons. The van der Waals surface area contributed by atoms with Crippen LogP contribution in [-0.4, -0.2) is 25.0 Å². The molecule has 2 aromatic rings. The Bertz CT molecular complexity index is 933. The van der Waals surface area contributed by atoms with Crippen molar-refractivity contribution in [3.8, 4) is 23.3 Å². The summed E-state index contributed by atoms with van der Waals surface area (Å²) in [5, 5.41) is 8.44. The zero-order chi connectivity index (χ0) is 22.4. The van der Waals surface area contributed by atoms with E-state index in [0.29, 0.717) is 0 Å². The van der Waals surface area contributed by atoms with Gasteiger partial charge in [0.25, 0.3) is 0 Å². The third kappa shape index (κ3) is 5.27. The van der Waals surface area contributed by atoms with Crippen LogP contribution in [0.1, 0.15) is 19.4 Å². The number of nitriles is 1. The van der Waals surface area contributed by atoms with E-state index in [-0.39, 0.29) is 18.1 Å². The third-order valence-corrected chi connectivity index (χ3v) is 4.18. The van der Waals surface area contributed by atoms with Crippen molar-refractivity contribution in [2.45, 2.75) is 33.0 Å².